The lowest BCUT2D eigenvalue weighted by atomic mass is 10.2. The molecule has 2 rings (SSSR count). The van der Waals surface area contributed by atoms with Crippen LogP contribution in [0.5, 0.6) is 17.5 Å². The zero-order valence-corrected chi connectivity index (χ0v) is 12.5. The number of halogens is 2. The topological polar surface area (TPSA) is 57.4 Å². The average Bonchev–Trinajstić information content (AvgIpc) is 2.44. The Morgan fingerprint density at radius 2 is 2.05 bits per heavy atom. The van der Waals surface area contributed by atoms with Crippen LogP contribution in [-0.2, 0) is 0 Å². The maximum absolute atomic E-state index is 13.8. The molecule has 0 aliphatic heterocycles. The van der Waals surface area contributed by atoms with Gasteiger partial charge >= 0.3 is 0 Å². The van der Waals surface area contributed by atoms with Crippen LogP contribution in [0.2, 0.25) is 5.02 Å². The molecular weight excluding hydrogens is 295 g/mol. The predicted octanol–water partition coefficient (Wildman–Crippen LogP) is 4.28. The second kappa shape index (κ2) is 6.63. The van der Waals surface area contributed by atoms with Gasteiger partial charge < -0.3 is 15.2 Å². The number of nitrogens with two attached hydrogens (primary N) is 1. The molecule has 0 unspecified atom stereocenters. The molecule has 21 heavy (non-hydrogen) atoms. The van der Waals surface area contributed by atoms with Gasteiger partial charge in [0, 0.05) is 6.07 Å². The number of benzene rings is 1. The molecule has 0 aliphatic carbocycles. The minimum absolute atomic E-state index is 0.00502. The summed E-state index contributed by atoms with van der Waals surface area (Å²) in [6.07, 6.45) is 0. The van der Waals surface area contributed by atoms with E-state index in [2.05, 4.69) is 4.98 Å². The monoisotopic (exact) mass is 310 g/mol. The fraction of sp³-hybridized carbons (Fsp3) is 0.267. The van der Waals surface area contributed by atoms with E-state index < -0.39 is 5.82 Å². The van der Waals surface area contributed by atoms with Crippen LogP contribution in [0, 0.1) is 11.7 Å². The van der Waals surface area contributed by atoms with Gasteiger partial charge in [0.1, 0.15) is 0 Å². The Hall–Kier alpha value is -2.01. The van der Waals surface area contributed by atoms with E-state index in [1.807, 2.05) is 13.8 Å². The molecule has 2 aromatic rings. The molecule has 0 radical (unpaired) electrons. The average molecular weight is 311 g/mol. The van der Waals surface area contributed by atoms with E-state index in [1.165, 1.54) is 18.2 Å². The number of anilines is 1. The van der Waals surface area contributed by atoms with Crippen LogP contribution < -0.4 is 15.2 Å². The van der Waals surface area contributed by atoms with Gasteiger partial charge in [-0.3, -0.25) is 0 Å². The van der Waals surface area contributed by atoms with Gasteiger partial charge in [-0.25, -0.2) is 4.39 Å². The number of aromatic nitrogens is 1. The molecule has 0 bridgehead atoms. The van der Waals surface area contributed by atoms with Crippen molar-refractivity contribution in [3.05, 3.63) is 41.2 Å². The maximum Gasteiger partial charge on any atom is 0.240 e. The number of nitrogens with zero attached hydrogens (tertiary/aromatic N) is 1. The highest BCUT2D eigenvalue weighted by Crippen LogP contribution is 2.30. The Balaban J connectivity index is 2.20. The number of rotatable bonds is 5. The molecule has 0 fully saturated rings. The fourth-order valence-corrected chi connectivity index (χ4v) is 1.69. The molecule has 0 saturated heterocycles. The lowest BCUT2D eigenvalue weighted by molar-refractivity contribution is 0.260. The molecule has 0 spiro atoms. The van der Waals surface area contributed by atoms with E-state index in [1.54, 1.807) is 12.1 Å². The summed E-state index contributed by atoms with van der Waals surface area (Å²) < 4.78 is 24.7. The van der Waals surface area contributed by atoms with Gasteiger partial charge in [-0.1, -0.05) is 31.5 Å². The first-order chi connectivity index (χ1) is 9.97. The van der Waals surface area contributed by atoms with Crippen molar-refractivity contribution < 1.29 is 13.9 Å². The van der Waals surface area contributed by atoms with Gasteiger partial charge in [0.25, 0.3) is 0 Å². The van der Waals surface area contributed by atoms with Crippen LogP contribution in [-0.4, -0.2) is 11.6 Å². The predicted molar refractivity (Wildman–Crippen MR) is 80.5 cm³/mol. The molecule has 0 aliphatic rings. The highest BCUT2D eigenvalue weighted by atomic mass is 35.5. The lowest BCUT2D eigenvalue weighted by Crippen LogP contribution is -2.08. The molecule has 1 aromatic heterocycles. The van der Waals surface area contributed by atoms with Gasteiger partial charge in [-0.15, -0.1) is 0 Å². The van der Waals surface area contributed by atoms with Crippen LogP contribution >= 0.6 is 11.6 Å². The molecular formula is C15H16ClFN2O2. The molecule has 1 aromatic carbocycles. The van der Waals surface area contributed by atoms with Crippen molar-refractivity contribution in [3.8, 4) is 17.5 Å². The Morgan fingerprint density at radius 1 is 1.29 bits per heavy atom. The molecule has 6 heteroatoms. The van der Waals surface area contributed by atoms with Gasteiger partial charge in [0.15, 0.2) is 11.6 Å². The van der Waals surface area contributed by atoms with Crippen LogP contribution in [0.1, 0.15) is 13.8 Å². The molecule has 112 valence electrons. The van der Waals surface area contributed by atoms with Crippen molar-refractivity contribution in [1.29, 1.82) is 0 Å². The molecule has 0 atom stereocenters. The first-order valence-corrected chi connectivity index (χ1v) is 6.86. The summed E-state index contributed by atoms with van der Waals surface area (Å²) in [6, 6.07) is 7.64. The van der Waals surface area contributed by atoms with Crippen molar-refractivity contribution >= 4 is 17.3 Å². The van der Waals surface area contributed by atoms with Crippen molar-refractivity contribution in [2.45, 2.75) is 13.8 Å². The second-order valence-electron chi connectivity index (χ2n) is 4.90. The fourth-order valence-electron chi connectivity index (χ4n) is 1.53. The first kappa shape index (κ1) is 15.4. The van der Waals surface area contributed by atoms with Crippen LogP contribution in [0.3, 0.4) is 0 Å². The summed E-state index contributed by atoms with van der Waals surface area (Å²) in [7, 11) is 0. The molecule has 2 N–H and O–H groups in total. The quantitative estimate of drug-likeness (QED) is 0.895. The molecule has 1 heterocycles. The number of hydrogen-bond donors (Lipinski definition) is 1. The van der Waals surface area contributed by atoms with E-state index >= 15 is 0 Å². The third kappa shape index (κ3) is 3.98. The Morgan fingerprint density at radius 3 is 2.76 bits per heavy atom. The van der Waals surface area contributed by atoms with Crippen molar-refractivity contribution in [2.24, 2.45) is 5.92 Å². The zero-order valence-electron chi connectivity index (χ0n) is 11.8. The highest BCUT2D eigenvalue weighted by molar-refractivity contribution is 6.30. The van der Waals surface area contributed by atoms with E-state index in [-0.39, 0.29) is 22.5 Å². The standard InChI is InChI=1S/C15H16ClFN2O2/c1-9(2)8-20-15-11(18)6-7-13(19-15)21-12-5-3-4-10(16)14(12)17/h3-7,9H,8,18H2,1-2H3. The van der Waals surface area contributed by atoms with E-state index in [0.717, 1.165) is 0 Å². The smallest absolute Gasteiger partial charge is 0.240 e. The number of ether oxygens (including phenoxy) is 2. The second-order valence-corrected chi connectivity index (χ2v) is 5.31. The molecule has 4 nitrogen and oxygen atoms in total. The third-order valence-corrected chi connectivity index (χ3v) is 2.84. The largest absolute Gasteiger partial charge is 0.476 e. The van der Waals surface area contributed by atoms with E-state index in [4.69, 9.17) is 26.8 Å². The zero-order chi connectivity index (χ0) is 15.4. The molecule has 0 saturated carbocycles. The van der Waals surface area contributed by atoms with Gasteiger partial charge in [0.2, 0.25) is 11.8 Å². The van der Waals surface area contributed by atoms with Crippen molar-refractivity contribution in [3.63, 3.8) is 0 Å². The van der Waals surface area contributed by atoms with Crippen LogP contribution in [0.25, 0.3) is 0 Å². The molecule has 0 amide bonds. The van der Waals surface area contributed by atoms with Crippen LogP contribution in [0.15, 0.2) is 30.3 Å². The lowest BCUT2D eigenvalue weighted by Gasteiger charge is -2.12. The number of hydrogen-bond acceptors (Lipinski definition) is 4. The van der Waals surface area contributed by atoms with Crippen molar-refractivity contribution in [2.75, 3.05) is 12.3 Å². The van der Waals surface area contributed by atoms with E-state index in [0.29, 0.717) is 18.2 Å². The summed E-state index contributed by atoms with van der Waals surface area (Å²) in [4.78, 5) is 4.13. The summed E-state index contributed by atoms with van der Waals surface area (Å²) in [5, 5.41) is -0.0146. The minimum Gasteiger partial charge on any atom is -0.476 e. The van der Waals surface area contributed by atoms with E-state index in [9.17, 15) is 4.39 Å². The Labute approximate surface area is 127 Å². The Kier molecular flexibility index (Phi) is 4.85. The van der Waals surface area contributed by atoms with Crippen LogP contribution in [0.4, 0.5) is 10.1 Å². The van der Waals surface area contributed by atoms with Gasteiger partial charge in [-0.2, -0.15) is 4.98 Å². The SMILES string of the molecule is CC(C)COc1nc(Oc2cccc(Cl)c2F)ccc1N. The van der Waals surface area contributed by atoms with Crippen molar-refractivity contribution in [1.82, 2.24) is 4.98 Å². The number of nitrogen functional groups attached to an aromatic ring is 1. The third-order valence-electron chi connectivity index (χ3n) is 2.55. The summed E-state index contributed by atoms with van der Waals surface area (Å²) in [6.45, 7) is 4.50. The Bertz CT molecular complexity index is 635. The summed E-state index contributed by atoms with van der Waals surface area (Å²) in [5.74, 6) is 0.144. The number of pyridine rings is 1. The van der Waals surface area contributed by atoms with Gasteiger partial charge in [0.05, 0.1) is 17.3 Å². The van der Waals surface area contributed by atoms with Gasteiger partial charge in [-0.05, 0) is 24.1 Å². The highest BCUT2D eigenvalue weighted by Gasteiger charge is 2.11. The normalized spacial score (nSPS) is 10.7. The first-order valence-electron chi connectivity index (χ1n) is 6.48. The summed E-state index contributed by atoms with van der Waals surface area (Å²) >= 11 is 5.70. The minimum atomic E-state index is -0.637. The summed E-state index contributed by atoms with van der Waals surface area (Å²) in [5.41, 5.74) is 6.18. The maximum atomic E-state index is 13.8.